The molecular weight excluding hydrogens is 518 g/mol. The number of anilines is 1. The summed E-state index contributed by atoms with van der Waals surface area (Å²) in [7, 11) is 0. The van der Waals surface area contributed by atoms with Crippen LogP contribution in [0.15, 0.2) is 60.7 Å². The van der Waals surface area contributed by atoms with Crippen LogP contribution >= 0.6 is 23.2 Å². The standard InChI is InChI=1S/C21H10Cl2F3N3O6/c22-16-7-5-11(28(32)33)9-13(16)19(30)27(18-4-2-1-3-15(18)21(24,25)26)20(31)14-10-12(29(34)35)6-8-17(14)23/h1-10H. The minimum atomic E-state index is -5.03. The zero-order valence-corrected chi connectivity index (χ0v) is 18.5. The number of amides is 2. The molecule has 3 rings (SSSR count). The van der Waals surface area contributed by atoms with Gasteiger partial charge in [0.2, 0.25) is 0 Å². The highest BCUT2D eigenvalue weighted by Gasteiger charge is 2.39. The minimum Gasteiger partial charge on any atom is -0.268 e. The molecule has 180 valence electrons. The van der Waals surface area contributed by atoms with Crippen LogP contribution in [0.2, 0.25) is 10.0 Å². The van der Waals surface area contributed by atoms with Gasteiger partial charge in [-0.3, -0.25) is 29.8 Å². The molecule has 9 nitrogen and oxygen atoms in total. The Morgan fingerprint density at radius 1 is 0.771 bits per heavy atom. The van der Waals surface area contributed by atoms with Gasteiger partial charge in [0.05, 0.1) is 42.3 Å². The van der Waals surface area contributed by atoms with E-state index < -0.39 is 71.6 Å². The molecule has 0 spiro atoms. The smallest absolute Gasteiger partial charge is 0.268 e. The number of hydrogen-bond donors (Lipinski definition) is 0. The van der Waals surface area contributed by atoms with Gasteiger partial charge in [-0.1, -0.05) is 35.3 Å². The first-order valence-electron chi connectivity index (χ1n) is 9.25. The van der Waals surface area contributed by atoms with Gasteiger partial charge in [-0.25, -0.2) is 4.90 Å². The lowest BCUT2D eigenvalue weighted by molar-refractivity contribution is -0.385. The number of nitro groups is 2. The summed E-state index contributed by atoms with van der Waals surface area (Å²) in [6.07, 6.45) is -5.03. The molecule has 0 heterocycles. The number of alkyl halides is 3. The van der Waals surface area contributed by atoms with E-state index in [1.54, 1.807) is 0 Å². The third-order valence-corrected chi connectivity index (χ3v) is 5.30. The van der Waals surface area contributed by atoms with Crippen LogP contribution in [0, 0.1) is 20.2 Å². The van der Waals surface area contributed by atoms with Gasteiger partial charge in [0.25, 0.3) is 23.2 Å². The summed E-state index contributed by atoms with van der Waals surface area (Å²) < 4.78 is 41.3. The highest BCUT2D eigenvalue weighted by Crippen LogP contribution is 2.39. The maximum atomic E-state index is 13.8. The molecule has 14 heteroatoms. The van der Waals surface area contributed by atoms with Crippen molar-refractivity contribution in [3.8, 4) is 0 Å². The van der Waals surface area contributed by atoms with Crippen LogP contribution in [-0.4, -0.2) is 21.7 Å². The van der Waals surface area contributed by atoms with Crippen molar-refractivity contribution < 1.29 is 32.6 Å². The largest absolute Gasteiger partial charge is 0.418 e. The second-order valence-corrected chi connectivity index (χ2v) is 7.62. The van der Waals surface area contributed by atoms with E-state index in [1.165, 1.54) is 0 Å². The number of hydrogen-bond acceptors (Lipinski definition) is 6. The van der Waals surface area contributed by atoms with Gasteiger partial charge < -0.3 is 0 Å². The number of non-ortho nitro benzene ring substituents is 2. The Balaban J connectivity index is 2.31. The van der Waals surface area contributed by atoms with E-state index in [2.05, 4.69) is 0 Å². The maximum Gasteiger partial charge on any atom is 0.418 e. The normalized spacial score (nSPS) is 11.1. The van der Waals surface area contributed by atoms with Crippen molar-refractivity contribution in [1.29, 1.82) is 0 Å². The van der Waals surface area contributed by atoms with Gasteiger partial charge in [0, 0.05) is 24.3 Å². The Morgan fingerprint density at radius 3 is 1.60 bits per heavy atom. The van der Waals surface area contributed by atoms with Crippen LogP contribution in [0.25, 0.3) is 0 Å². The number of nitrogens with zero attached hydrogens (tertiary/aromatic N) is 3. The van der Waals surface area contributed by atoms with Crippen LogP contribution in [0.1, 0.15) is 26.3 Å². The molecule has 0 saturated heterocycles. The van der Waals surface area contributed by atoms with Gasteiger partial charge in [0.1, 0.15) is 0 Å². The van der Waals surface area contributed by atoms with E-state index in [4.69, 9.17) is 23.2 Å². The molecule has 0 atom stereocenters. The average Bonchev–Trinajstić information content (AvgIpc) is 2.79. The van der Waals surface area contributed by atoms with Gasteiger partial charge >= 0.3 is 6.18 Å². The van der Waals surface area contributed by atoms with Gasteiger partial charge in [-0.05, 0) is 24.3 Å². The number of carbonyl (C=O) groups is 2. The molecule has 35 heavy (non-hydrogen) atoms. The van der Waals surface area contributed by atoms with Crippen LogP contribution in [0.3, 0.4) is 0 Å². The monoisotopic (exact) mass is 527 g/mol. The fourth-order valence-electron chi connectivity index (χ4n) is 3.04. The van der Waals surface area contributed by atoms with E-state index in [-0.39, 0.29) is 4.90 Å². The predicted molar refractivity (Wildman–Crippen MR) is 119 cm³/mol. The molecular formula is C21H10Cl2F3N3O6. The Kier molecular flexibility index (Phi) is 7.08. The number of nitro benzene ring substituents is 2. The van der Waals surface area contributed by atoms with Crippen molar-refractivity contribution in [2.45, 2.75) is 6.18 Å². The quantitative estimate of drug-likeness (QED) is 0.217. The van der Waals surface area contributed by atoms with Crippen molar-refractivity contribution in [2.75, 3.05) is 4.90 Å². The fourth-order valence-corrected chi connectivity index (χ4v) is 3.44. The van der Waals surface area contributed by atoms with E-state index in [9.17, 15) is 43.0 Å². The number of imide groups is 1. The number of halogens is 5. The first kappa shape index (κ1) is 25.6. The average molecular weight is 528 g/mol. The van der Waals surface area contributed by atoms with Crippen molar-refractivity contribution >= 4 is 52.1 Å². The summed E-state index contributed by atoms with van der Waals surface area (Å²) in [6.45, 7) is 0. The summed E-state index contributed by atoms with van der Waals surface area (Å²) in [4.78, 5) is 47.5. The Labute approximate surface area is 203 Å². The third-order valence-electron chi connectivity index (χ3n) is 4.64. The zero-order valence-electron chi connectivity index (χ0n) is 17.0. The molecule has 3 aromatic carbocycles. The highest BCUT2D eigenvalue weighted by molar-refractivity contribution is 6.39. The first-order chi connectivity index (χ1) is 16.3. The molecule has 0 N–H and O–H groups in total. The van der Waals surface area contributed by atoms with Crippen molar-refractivity contribution in [1.82, 2.24) is 0 Å². The number of para-hydroxylation sites is 1. The van der Waals surface area contributed by atoms with E-state index in [0.717, 1.165) is 42.5 Å². The highest BCUT2D eigenvalue weighted by atomic mass is 35.5. The van der Waals surface area contributed by atoms with E-state index in [0.29, 0.717) is 18.2 Å². The summed E-state index contributed by atoms with van der Waals surface area (Å²) in [6, 6.07) is 8.76. The summed E-state index contributed by atoms with van der Waals surface area (Å²) in [5, 5.41) is 21.5. The van der Waals surface area contributed by atoms with Crippen LogP contribution in [0.5, 0.6) is 0 Å². The molecule has 0 aliphatic heterocycles. The maximum absolute atomic E-state index is 13.8. The molecule has 0 aromatic heterocycles. The lowest BCUT2D eigenvalue weighted by Crippen LogP contribution is -2.38. The molecule has 0 unspecified atom stereocenters. The molecule has 0 aliphatic carbocycles. The zero-order chi connectivity index (χ0) is 26.1. The number of benzene rings is 3. The summed E-state index contributed by atoms with van der Waals surface area (Å²) in [5.74, 6) is -2.91. The van der Waals surface area contributed by atoms with Crippen LogP contribution < -0.4 is 4.90 Å². The first-order valence-corrected chi connectivity index (χ1v) is 10.0. The summed E-state index contributed by atoms with van der Waals surface area (Å²) in [5.41, 5.74) is -4.91. The van der Waals surface area contributed by atoms with Crippen molar-refractivity contribution in [3.05, 3.63) is 108 Å². The Morgan fingerprint density at radius 2 is 1.20 bits per heavy atom. The van der Waals surface area contributed by atoms with Crippen molar-refractivity contribution in [3.63, 3.8) is 0 Å². The minimum absolute atomic E-state index is 0.0682. The van der Waals surface area contributed by atoms with Gasteiger partial charge in [-0.2, -0.15) is 13.2 Å². The summed E-state index contributed by atoms with van der Waals surface area (Å²) >= 11 is 12.0. The van der Waals surface area contributed by atoms with Crippen LogP contribution in [-0.2, 0) is 6.18 Å². The fraction of sp³-hybridized carbons (Fsp3) is 0.0476. The molecule has 0 bridgehead atoms. The molecule has 0 fully saturated rings. The molecule has 0 radical (unpaired) electrons. The lowest BCUT2D eigenvalue weighted by atomic mass is 10.1. The van der Waals surface area contributed by atoms with Crippen LogP contribution in [0.4, 0.5) is 30.2 Å². The lowest BCUT2D eigenvalue weighted by Gasteiger charge is -2.25. The van der Waals surface area contributed by atoms with Gasteiger partial charge in [0.15, 0.2) is 0 Å². The predicted octanol–water partition coefficient (Wildman–Crippen LogP) is 6.32. The molecule has 0 aliphatic rings. The third kappa shape index (κ3) is 5.23. The number of carbonyl (C=O) groups excluding carboxylic acids is 2. The van der Waals surface area contributed by atoms with Gasteiger partial charge in [-0.15, -0.1) is 0 Å². The second-order valence-electron chi connectivity index (χ2n) is 6.80. The van der Waals surface area contributed by atoms with Crippen molar-refractivity contribution in [2.24, 2.45) is 0 Å². The molecule has 2 amide bonds. The topological polar surface area (TPSA) is 124 Å². The molecule has 0 saturated carbocycles. The Bertz CT molecular complexity index is 1310. The van der Waals surface area contributed by atoms with E-state index in [1.807, 2.05) is 0 Å². The molecule has 3 aromatic rings. The Hall–Kier alpha value is -4.03. The SMILES string of the molecule is O=C(c1cc([N+](=O)[O-])ccc1Cl)N(C(=O)c1cc([N+](=O)[O-])ccc1Cl)c1ccccc1C(F)(F)F. The van der Waals surface area contributed by atoms with E-state index >= 15 is 0 Å². The number of rotatable bonds is 5. The second kappa shape index (κ2) is 9.68.